The average Bonchev–Trinajstić information content (AvgIpc) is 3.22. The maximum absolute atomic E-state index is 4.68. The van der Waals surface area contributed by atoms with Gasteiger partial charge in [-0.3, -0.25) is 0 Å². The summed E-state index contributed by atoms with van der Waals surface area (Å²) in [7, 11) is 0. The highest BCUT2D eigenvalue weighted by atomic mass is 79.9. The van der Waals surface area contributed by atoms with E-state index < -0.39 is 0 Å². The molecule has 3 rings (SSSR count). The molecule has 0 aliphatic heterocycles. The largest absolute Gasteiger partial charge is 0.367 e. The van der Waals surface area contributed by atoms with Gasteiger partial charge in [0.05, 0.1) is 0 Å². The molecule has 5 heteroatoms. The second-order valence-electron chi connectivity index (χ2n) is 5.57. The van der Waals surface area contributed by atoms with Gasteiger partial charge in [-0.2, -0.15) is 11.8 Å². The molecular weight excluding hydrogens is 322 g/mol. The molecule has 1 aromatic heterocycles. The van der Waals surface area contributed by atoms with Crippen molar-refractivity contribution in [1.29, 1.82) is 0 Å². The summed E-state index contributed by atoms with van der Waals surface area (Å²) in [4.78, 5) is 9.16. The fraction of sp³-hybridized carbons (Fsp3) is 0.714. The number of aromatic nitrogens is 2. The highest BCUT2D eigenvalue weighted by Gasteiger charge is 2.28. The molecule has 0 saturated heterocycles. The molecule has 1 aromatic rings. The minimum absolute atomic E-state index is 0.569. The zero-order valence-electron chi connectivity index (χ0n) is 11.2. The molecule has 0 radical (unpaired) electrons. The Kier molecular flexibility index (Phi) is 4.32. The molecule has 3 nitrogen and oxygen atoms in total. The van der Waals surface area contributed by atoms with E-state index in [1.165, 1.54) is 38.5 Å². The van der Waals surface area contributed by atoms with Gasteiger partial charge in [0.2, 0.25) is 0 Å². The zero-order chi connectivity index (χ0) is 13.2. The van der Waals surface area contributed by atoms with Gasteiger partial charge in [-0.05, 0) is 54.3 Å². The Morgan fingerprint density at radius 1 is 1.26 bits per heavy atom. The van der Waals surface area contributed by atoms with E-state index in [1.54, 1.807) is 0 Å². The van der Waals surface area contributed by atoms with Gasteiger partial charge in [0, 0.05) is 23.3 Å². The van der Waals surface area contributed by atoms with Gasteiger partial charge >= 0.3 is 0 Å². The van der Waals surface area contributed by atoms with Crippen LogP contribution in [0.1, 0.15) is 50.3 Å². The number of nitrogens with one attached hydrogen (secondary N) is 1. The van der Waals surface area contributed by atoms with Gasteiger partial charge in [-0.1, -0.05) is 6.42 Å². The first-order chi connectivity index (χ1) is 9.24. The molecule has 19 heavy (non-hydrogen) atoms. The second kappa shape index (κ2) is 6.00. The van der Waals surface area contributed by atoms with Gasteiger partial charge in [-0.25, -0.2) is 9.97 Å². The van der Waals surface area contributed by atoms with Gasteiger partial charge in [0.15, 0.2) is 0 Å². The van der Waals surface area contributed by atoms with Crippen LogP contribution in [0.2, 0.25) is 0 Å². The molecule has 1 N–H and O–H groups in total. The van der Waals surface area contributed by atoms with E-state index in [1.807, 2.05) is 17.8 Å². The standard InChI is InChI=1S/C14H20BrN3S/c1-19-11-4-2-3-10(7-11)16-13-8-12(15)17-14(18-13)9-5-6-9/h8-11H,2-7H2,1H3,(H,16,17,18). The van der Waals surface area contributed by atoms with Crippen LogP contribution in [0.3, 0.4) is 0 Å². The molecule has 0 aromatic carbocycles. The predicted molar refractivity (Wildman–Crippen MR) is 84.9 cm³/mol. The lowest BCUT2D eigenvalue weighted by Gasteiger charge is -2.29. The number of nitrogens with zero attached hydrogens (tertiary/aromatic N) is 2. The van der Waals surface area contributed by atoms with Crippen LogP contribution in [0.15, 0.2) is 10.7 Å². The lowest BCUT2D eigenvalue weighted by molar-refractivity contribution is 0.472. The van der Waals surface area contributed by atoms with E-state index in [2.05, 4.69) is 37.5 Å². The van der Waals surface area contributed by atoms with Crippen molar-refractivity contribution in [3.8, 4) is 0 Å². The number of hydrogen-bond acceptors (Lipinski definition) is 4. The quantitative estimate of drug-likeness (QED) is 0.832. The fourth-order valence-electron chi connectivity index (χ4n) is 2.73. The summed E-state index contributed by atoms with van der Waals surface area (Å²) in [5.74, 6) is 2.60. The maximum Gasteiger partial charge on any atom is 0.135 e. The van der Waals surface area contributed by atoms with Gasteiger partial charge in [0.1, 0.15) is 16.2 Å². The third kappa shape index (κ3) is 3.63. The summed E-state index contributed by atoms with van der Waals surface area (Å²) in [6.07, 6.45) is 9.91. The Bertz CT molecular complexity index is 450. The average molecular weight is 342 g/mol. The molecular formula is C14H20BrN3S. The summed E-state index contributed by atoms with van der Waals surface area (Å²) in [6.45, 7) is 0. The molecule has 2 aliphatic carbocycles. The number of rotatable bonds is 4. The molecule has 2 atom stereocenters. The van der Waals surface area contributed by atoms with E-state index in [0.29, 0.717) is 12.0 Å². The lowest BCUT2D eigenvalue weighted by Crippen LogP contribution is -2.29. The monoisotopic (exact) mass is 341 g/mol. The van der Waals surface area contributed by atoms with Crippen LogP contribution in [-0.2, 0) is 0 Å². The highest BCUT2D eigenvalue weighted by Crippen LogP contribution is 2.39. The van der Waals surface area contributed by atoms with Crippen molar-refractivity contribution in [1.82, 2.24) is 9.97 Å². The summed E-state index contributed by atoms with van der Waals surface area (Å²) in [5, 5.41) is 4.42. The molecule has 0 bridgehead atoms. The third-order valence-corrected chi connectivity index (χ3v) is 5.47. The molecule has 2 fully saturated rings. The van der Waals surface area contributed by atoms with Gasteiger partial charge in [0.25, 0.3) is 0 Å². The summed E-state index contributed by atoms with van der Waals surface area (Å²) in [5.41, 5.74) is 0. The fourth-order valence-corrected chi connectivity index (χ4v) is 3.96. The Morgan fingerprint density at radius 3 is 2.84 bits per heavy atom. The van der Waals surface area contributed by atoms with Crippen LogP contribution in [0.4, 0.5) is 5.82 Å². The molecule has 0 amide bonds. The Hall–Kier alpha value is -0.290. The maximum atomic E-state index is 4.68. The van der Waals surface area contributed by atoms with Gasteiger partial charge in [-0.15, -0.1) is 0 Å². The van der Waals surface area contributed by atoms with Crippen LogP contribution in [0.25, 0.3) is 0 Å². The number of halogens is 1. The Labute approximate surface area is 127 Å². The van der Waals surface area contributed by atoms with Crippen LogP contribution >= 0.6 is 27.7 Å². The minimum Gasteiger partial charge on any atom is -0.367 e. The van der Waals surface area contributed by atoms with Crippen molar-refractivity contribution >= 4 is 33.5 Å². The summed E-state index contributed by atoms with van der Waals surface area (Å²) in [6, 6.07) is 2.58. The van der Waals surface area contributed by atoms with Crippen LogP contribution in [0.5, 0.6) is 0 Å². The van der Waals surface area contributed by atoms with Crippen molar-refractivity contribution in [3.05, 3.63) is 16.5 Å². The number of hydrogen-bond donors (Lipinski definition) is 1. The van der Waals surface area contributed by atoms with Crippen molar-refractivity contribution < 1.29 is 0 Å². The third-order valence-electron chi connectivity index (χ3n) is 3.97. The van der Waals surface area contributed by atoms with E-state index in [-0.39, 0.29) is 0 Å². The van der Waals surface area contributed by atoms with Crippen LogP contribution < -0.4 is 5.32 Å². The lowest BCUT2D eigenvalue weighted by atomic mass is 9.95. The zero-order valence-corrected chi connectivity index (χ0v) is 13.6. The summed E-state index contributed by atoms with van der Waals surface area (Å²) >= 11 is 5.50. The SMILES string of the molecule is CSC1CCCC(Nc2cc(Br)nc(C3CC3)n2)C1. The molecule has 1 heterocycles. The van der Waals surface area contributed by atoms with Crippen molar-refractivity contribution in [2.24, 2.45) is 0 Å². The summed E-state index contributed by atoms with van der Waals surface area (Å²) < 4.78 is 0.907. The smallest absolute Gasteiger partial charge is 0.135 e. The Balaban J connectivity index is 1.68. The molecule has 104 valence electrons. The van der Waals surface area contributed by atoms with Gasteiger partial charge < -0.3 is 5.32 Å². The molecule has 2 saturated carbocycles. The van der Waals surface area contributed by atoms with Crippen LogP contribution in [-0.4, -0.2) is 27.5 Å². The van der Waals surface area contributed by atoms with E-state index in [9.17, 15) is 0 Å². The van der Waals surface area contributed by atoms with Crippen molar-refractivity contribution in [3.63, 3.8) is 0 Å². The molecule has 2 unspecified atom stereocenters. The molecule has 0 spiro atoms. The number of anilines is 1. The van der Waals surface area contributed by atoms with E-state index >= 15 is 0 Å². The first-order valence-electron chi connectivity index (χ1n) is 7.08. The predicted octanol–water partition coefficient (Wildman–Crippen LogP) is 4.20. The normalized spacial score (nSPS) is 27.3. The number of thioether (sulfide) groups is 1. The van der Waals surface area contributed by atoms with E-state index in [4.69, 9.17) is 0 Å². The first-order valence-corrected chi connectivity index (χ1v) is 9.16. The minimum atomic E-state index is 0.569. The van der Waals surface area contributed by atoms with Crippen molar-refractivity contribution in [2.45, 2.75) is 55.7 Å². The highest BCUT2D eigenvalue weighted by molar-refractivity contribution is 9.10. The Morgan fingerprint density at radius 2 is 2.11 bits per heavy atom. The van der Waals surface area contributed by atoms with E-state index in [0.717, 1.165) is 21.5 Å². The van der Waals surface area contributed by atoms with Crippen LogP contribution in [0, 0.1) is 0 Å². The second-order valence-corrected chi connectivity index (χ2v) is 7.52. The first kappa shape index (κ1) is 13.7. The molecule has 2 aliphatic rings. The van der Waals surface area contributed by atoms with Crippen molar-refractivity contribution in [2.75, 3.05) is 11.6 Å². The topological polar surface area (TPSA) is 37.8 Å².